The molecule has 2 aromatic rings. The third kappa shape index (κ3) is 6.22. The van der Waals surface area contributed by atoms with Crippen molar-refractivity contribution < 1.29 is 28.3 Å². The molecule has 1 heterocycles. The number of carbonyl (C=O) groups is 4. The van der Waals surface area contributed by atoms with Crippen molar-refractivity contribution in [1.29, 1.82) is 0 Å². The largest absolute Gasteiger partial charge is 0.454 e. The second-order valence-corrected chi connectivity index (χ2v) is 8.44. The van der Waals surface area contributed by atoms with Crippen LogP contribution in [0, 0.1) is 11.7 Å². The Morgan fingerprint density at radius 1 is 1.09 bits per heavy atom. The molecule has 1 aliphatic heterocycles. The van der Waals surface area contributed by atoms with Crippen LogP contribution >= 0.6 is 34.8 Å². The molecule has 11 heteroatoms. The van der Waals surface area contributed by atoms with E-state index < -0.39 is 41.4 Å². The average molecular weight is 516 g/mol. The Bertz CT molecular complexity index is 1080. The predicted octanol–water partition coefficient (Wildman–Crippen LogP) is 4.05. The van der Waals surface area contributed by atoms with Crippen LogP contribution in [0.5, 0.6) is 0 Å². The Balaban J connectivity index is 1.63. The Morgan fingerprint density at radius 3 is 2.39 bits per heavy atom. The van der Waals surface area contributed by atoms with Gasteiger partial charge in [0, 0.05) is 29.8 Å². The highest BCUT2D eigenvalue weighted by Crippen LogP contribution is 2.24. The number of rotatable bonds is 8. The van der Waals surface area contributed by atoms with E-state index in [-0.39, 0.29) is 46.4 Å². The van der Waals surface area contributed by atoms with Gasteiger partial charge in [-0.3, -0.25) is 29.6 Å². The first-order valence-electron chi connectivity index (χ1n) is 9.82. The minimum atomic E-state index is -1.18. The molecular weight excluding hydrogens is 498 g/mol. The van der Waals surface area contributed by atoms with Gasteiger partial charge in [-0.1, -0.05) is 23.2 Å². The Kier molecular flexibility index (Phi) is 8.29. The summed E-state index contributed by atoms with van der Waals surface area (Å²) in [7, 11) is 0. The molecule has 0 aliphatic carbocycles. The van der Waals surface area contributed by atoms with E-state index in [1.54, 1.807) is 0 Å². The van der Waals surface area contributed by atoms with Crippen LogP contribution in [-0.4, -0.2) is 47.1 Å². The van der Waals surface area contributed by atoms with Crippen molar-refractivity contribution in [3.8, 4) is 0 Å². The minimum absolute atomic E-state index is 0.0420. The molecule has 2 unspecified atom stereocenters. The van der Waals surface area contributed by atoms with Gasteiger partial charge >= 0.3 is 5.97 Å². The maximum atomic E-state index is 13.1. The van der Waals surface area contributed by atoms with Gasteiger partial charge in [-0.05, 0) is 42.5 Å². The zero-order chi connectivity index (χ0) is 24.1. The van der Waals surface area contributed by atoms with Crippen molar-refractivity contribution >= 4 is 58.4 Å². The molecule has 1 fully saturated rings. The van der Waals surface area contributed by atoms with Gasteiger partial charge in [-0.25, -0.2) is 4.39 Å². The molecule has 174 valence electrons. The summed E-state index contributed by atoms with van der Waals surface area (Å²) in [5.41, 5.74) is 2.76. The van der Waals surface area contributed by atoms with Crippen molar-refractivity contribution in [1.82, 2.24) is 10.4 Å². The number of ketones is 1. The normalized spacial score (nSPS) is 16.4. The van der Waals surface area contributed by atoms with Crippen LogP contribution in [0.25, 0.3) is 0 Å². The molecule has 1 saturated heterocycles. The van der Waals surface area contributed by atoms with Crippen LogP contribution in [0.15, 0.2) is 42.5 Å². The van der Waals surface area contributed by atoms with Crippen molar-refractivity contribution in [2.24, 2.45) is 5.92 Å². The Hall–Kier alpha value is -2.68. The minimum Gasteiger partial charge on any atom is -0.454 e. The fourth-order valence-electron chi connectivity index (χ4n) is 3.18. The van der Waals surface area contributed by atoms with E-state index in [0.717, 1.165) is 17.1 Å². The van der Waals surface area contributed by atoms with Crippen molar-refractivity contribution in [2.45, 2.75) is 18.9 Å². The van der Waals surface area contributed by atoms with E-state index in [2.05, 4.69) is 5.43 Å². The summed E-state index contributed by atoms with van der Waals surface area (Å²) in [6, 6.07) is 9.04. The predicted molar refractivity (Wildman–Crippen MR) is 120 cm³/mol. The number of halogens is 4. The lowest BCUT2D eigenvalue weighted by molar-refractivity contribution is -0.151. The van der Waals surface area contributed by atoms with Gasteiger partial charge in [0.05, 0.1) is 22.5 Å². The van der Waals surface area contributed by atoms with E-state index >= 15 is 0 Å². The van der Waals surface area contributed by atoms with Gasteiger partial charge in [0.2, 0.25) is 11.7 Å². The first-order valence-corrected chi connectivity index (χ1v) is 11.1. The summed E-state index contributed by atoms with van der Waals surface area (Å²) >= 11 is 17.5. The molecule has 0 radical (unpaired) electrons. The first kappa shape index (κ1) is 25.0. The van der Waals surface area contributed by atoms with E-state index in [1.807, 2.05) is 0 Å². The number of ether oxygens (including phenoxy) is 1. The lowest BCUT2D eigenvalue weighted by Gasteiger charge is -2.20. The third-order valence-corrected chi connectivity index (χ3v) is 5.88. The maximum Gasteiger partial charge on any atom is 0.312 e. The van der Waals surface area contributed by atoms with Gasteiger partial charge in [-0.15, -0.1) is 11.6 Å². The van der Waals surface area contributed by atoms with Gasteiger partial charge in [0.15, 0.2) is 6.10 Å². The number of alkyl halides is 1. The number of nitrogens with zero attached hydrogens (tertiary/aromatic N) is 1. The number of benzene rings is 2. The summed E-state index contributed by atoms with van der Waals surface area (Å²) < 4.78 is 18.5. The van der Waals surface area contributed by atoms with Crippen LogP contribution in [-0.2, 0) is 14.3 Å². The van der Waals surface area contributed by atoms with E-state index in [4.69, 9.17) is 39.5 Å². The fraction of sp³-hybridized carbons (Fsp3) is 0.273. The maximum absolute atomic E-state index is 13.1. The van der Waals surface area contributed by atoms with Crippen LogP contribution in [0.4, 0.5) is 4.39 Å². The zero-order valence-corrected chi connectivity index (χ0v) is 19.3. The Labute approximate surface area is 203 Å². The number of hydrogen-bond donors (Lipinski definition) is 1. The number of nitrogens with one attached hydrogen (secondary N) is 1. The van der Waals surface area contributed by atoms with Gasteiger partial charge < -0.3 is 4.74 Å². The molecule has 3 rings (SSSR count). The molecule has 1 aliphatic rings. The highest BCUT2D eigenvalue weighted by atomic mass is 35.5. The molecule has 0 bridgehead atoms. The van der Waals surface area contributed by atoms with Gasteiger partial charge in [-0.2, -0.15) is 0 Å². The molecular formula is C22H18Cl3FN2O5. The smallest absolute Gasteiger partial charge is 0.312 e. The van der Waals surface area contributed by atoms with Crippen molar-refractivity contribution in [2.75, 3.05) is 12.4 Å². The lowest BCUT2D eigenvalue weighted by atomic mass is 10.0. The molecule has 2 atom stereocenters. The van der Waals surface area contributed by atoms with Crippen molar-refractivity contribution in [3.05, 3.63) is 69.5 Å². The van der Waals surface area contributed by atoms with Crippen LogP contribution in [0.3, 0.4) is 0 Å². The van der Waals surface area contributed by atoms with E-state index in [9.17, 15) is 23.6 Å². The SMILES string of the molecule is O=C(NN1CC(C(=O)OC(CCCl)C(=O)c2ccc(F)cc2)CC1=O)c1ccc(Cl)c(Cl)c1. The summed E-state index contributed by atoms with van der Waals surface area (Å²) in [6.07, 6.45) is -1.35. The fourth-order valence-corrected chi connectivity index (χ4v) is 3.67. The van der Waals surface area contributed by atoms with Gasteiger partial charge in [0.1, 0.15) is 5.82 Å². The quantitative estimate of drug-likeness (QED) is 0.325. The lowest BCUT2D eigenvalue weighted by Crippen LogP contribution is -2.43. The average Bonchev–Trinajstić information content (AvgIpc) is 3.15. The summed E-state index contributed by atoms with van der Waals surface area (Å²) in [5.74, 6) is -3.78. The second-order valence-electron chi connectivity index (χ2n) is 7.25. The highest BCUT2D eigenvalue weighted by molar-refractivity contribution is 6.42. The van der Waals surface area contributed by atoms with E-state index in [1.165, 1.54) is 30.3 Å². The van der Waals surface area contributed by atoms with Crippen molar-refractivity contribution in [3.63, 3.8) is 0 Å². The molecule has 2 amide bonds. The molecule has 0 spiro atoms. The number of hydrogen-bond acceptors (Lipinski definition) is 5. The van der Waals surface area contributed by atoms with Crippen LogP contribution in [0.2, 0.25) is 10.0 Å². The zero-order valence-electron chi connectivity index (χ0n) is 17.0. The topological polar surface area (TPSA) is 92.8 Å². The second kappa shape index (κ2) is 11.0. The number of carbonyl (C=O) groups excluding carboxylic acids is 4. The molecule has 0 saturated carbocycles. The molecule has 0 aromatic heterocycles. The number of amides is 2. The standard InChI is InChI=1S/C22H18Cl3FN2O5/c23-8-7-18(20(30)12-1-4-15(26)5-2-12)33-22(32)14-10-19(29)28(11-14)27-21(31)13-3-6-16(24)17(25)9-13/h1-6,9,14,18H,7-8,10-11H2,(H,27,31). The van der Waals surface area contributed by atoms with Crippen LogP contribution in [0.1, 0.15) is 33.6 Å². The summed E-state index contributed by atoms with van der Waals surface area (Å²) in [6.45, 7) is -0.136. The molecule has 2 aromatic carbocycles. The van der Waals surface area contributed by atoms with Gasteiger partial charge in [0.25, 0.3) is 5.91 Å². The molecule has 1 N–H and O–H groups in total. The Morgan fingerprint density at radius 2 is 1.76 bits per heavy atom. The molecule has 7 nitrogen and oxygen atoms in total. The number of Topliss-reactive ketones (excluding diaryl/α,β-unsaturated/α-hetero) is 1. The van der Waals surface area contributed by atoms with Crippen LogP contribution < -0.4 is 5.43 Å². The number of esters is 1. The summed E-state index contributed by atoms with van der Waals surface area (Å²) in [4.78, 5) is 50.0. The van der Waals surface area contributed by atoms with E-state index in [0.29, 0.717) is 0 Å². The monoisotopic (exact) mass is 514 g/mol. The summed E-state index contributed by atoms with van der Waals surface area (Å²) in [5, 5.41) is 1.46. The highest BCUT2D eigenvalue weighted by Gasteiger charge is 2.38. The molecule has 33 heavy (non-hydrogen) atoms. The third-order valence-electron chi connectivity index (χ3n) is 4.93. The first-order chi connectivity index (χ1) is 15.7. The number of hydrazine groups is 1.